The first-order valence-corrected chi connectivity index (χ1v) is 7.02. The quantitative estimate of drug-likeness (QED) is 0.662. The summed E-state index contributed by atoms with van der Waals surface area (Å²) in [5.74, 6) is -0.0679. The lowest BCUT2D eigenvalue weighted by Crippen LogP contribution is -2.24. The maximum absolute atomic E-state index is 11.8. The van der Waals surface area contributed by atoms with E-state index in [1.54, 1.807) is 6.07 Å². The highest BCUT2D eigenvalue weighted by atomic mass is 16.1. The summed E-state index contributed by atoms with van der Waals surface area (Å²) in [5.41, 5.74) is 8.11. The number of carbonyl (C=O) groups excluding carboxylic acids is 1. The molecule has 1 aromatic rings. The van der Waals surface area contributed by atoms with Gasteiger partial charge >= 0.3 is 0 Å². The van der Waals surface area contributed by atoms with Crippen molar-refractivity contribution in [2.24, 2.45) is 0 Å². The minimum atomic E-state index is -0.0679. The molecule has 0 heterocycles. The largest absolute Gasteiger partial charge is 0.397 e. The Labute approximate surface area is 115 Å². The molecule has 0 spiro atoms. The summed E-state index contributed by atoms with van der Waals surface area (Å²) in [6, 6.07) is 5.79. The van der Waals surface area contributed by atoms with E-state index in [1.165, 1.54) is 0 Å². The van der Waals surface area contributed by atoms with Gasteiger partial charge in [0.15, 0.2) is 0 Å². The van der Waals surface area contributed by atoms with Crippen molar-refractivity contribution in [1.29, 1.82) is 0 Å². The van der Waals surface area contributed by atoms with E-state index in [4.69, 9.17) is 5.73 Å². The maximum atomic E-state index is 11.8. The van der Waals surface area contributed by atoms with E-state index in [-0.39, 0.29) is 5.91 Å². The molecule has 0 saturated heterocycles. The normalized spacial score (nSPS) is 11.9. The molecule has 1 aromatic carbocycles. The van der Waals surface area contributed by atoms with Crippen LogP contribution >= 0.6 is 0 Å². The maximum Gasteiger partial charge on any atom is 0.251 e. The Hall–Kier alpha value is -1.71. The van der Waals surface area contributed by atoms with Crippen LogP contribution in [0.1, 0.15) is 50.4 Å². The van der Waals surface area contributed by atoms with Gasteiger partial charge in [-0.15, -0.1) is 0 Å². The summed E-state index contributed by atoms with van der Waals surface area (Å²) >= 11 is 0. The first-order valence-electron chi connectivity index (χ1n) is 7.02. The van der Waals surface area contributed by atoms with Gasteiger partial charge in [0.05, 0.1) is 11.4 Å². The first kappa shape index (κ1) is 15.3. The van der Waals surface area contributed by atoms with Gasteiger partial charge in [0.25, 0.3) is 5.91 Å². The van der Waals surface area contributed by atoms with Gasteiger partial charge in [-0.05, 0) is 38.0 Å². The lowest BCUT2D eigenvalue weighted by Gasteiger charge is -2.16. The molecule has 4 N–H and O–H groups in total. The third-order valence-corrected chi connectivity index (χ3v) is 2.97. The molecule has 4 nitrogen and oxygen atoms in total. The Morgan fingerprint density at radius 1 is 1.32 bits per heavy atom. The second-order valence-corrected chi connectivity index (χ2v) is 4.89. The number of anilines is 2. The average Bonchev–Trinajstić information content (AvgIpc) is 2.38. The van der Waals surface area contributed by atoms with Crippen LogP contribution in [0, 0.1) is 0 Å². The van der Waals surface area contributed by atoms with Crippen molar-refractivity contribution in [3.05, 3.63) is 23.8 Å². The predicted octanol–water partition coefficient (Wildman–Crippen LogP) is 3.01. The molecule has 0 radical (unpaired) electrons. The van der Waals surface area contributed by atoms with Crippen molar-refractivity contribution in [3.8, 4) is 0 Å². The second-order valence-electron chi connectivity index (χ2n) is 4.89. The molecule has 1 rings (SSSR count). The van der Waals surface area contributed by atoms with Crippen molar-refractivity contribution in [2.45, 2.75) is 46.1 Å². The Kier molecular flexibility index (Phi) is 6.19. The minimum Gasteiger partial charge on any atom is -0.397 e. The van der Waals surface area contributed by atoms with E-state index in [9.17, 15) is 4.79 Å². The minimum absolute atomic E-state index is 0.0679. The number of carbonyl (C=O) groups is 1. The van der Waals surface area contributed by atoms with E-state index in [1.807, 2.05) is 19.1 Å². The van der Waals surface area contributed by atoms with Crippen LogP contribution in [0.4, 0.5) is 11.4 Å². The number of benzene rings is 1. The number of nitrogens with one attached hydrogen (secondary N) is 2. The fourth-order valence-electron chi connectivity index (χ4n) is 1.95. The van der Waals surface area contributed by atoms with Crippen LogP contribution in [-0.2, 0) is 0 Å². The highest BCUT2D eigenvalue weighted by molar-refractivity contribution is 5.96. The molecular weight excluding hydrogens is 238 g/mol. The van der Waals surface area contributed by atoms with E-state index in [0.717, 1.165) is 24.9 Å². The Morgan fingerprint density at radius 3 is 2.63 bits per heavy atom. The molecule has 0 bridgehead atoms. The first-order chi connectivity index (χ1) is 9.08. The van der Waals surface area contributed by atoms with Gasteiger partial charge < -0.3 is 16.4 Å². The molecule has 0 unspecified atom stereocenters. The van der Waals surface area contributed by atoms with Crippen molar-refractivity contribution in [1.82, 2.24) is 5.32 Å². The zero-order valence-electron chi connectivity index (χ0n) is 12.1. The average molecular weight is 263 g/mol. The predicted molar refractivity (Wildman–Crippen MR) is 81.5 cm³/mol. The molecule has 1 atom stereocenters. The Balaban J connectivity index is 2.71. The lowest BCUT2D eigenvalue weighted by atomic mass is 10.1. The van der Waals surface area contributed by atoms with Crippen molar-refractivity contribution in [2.75, 3.05) is 17.6 Å². The molecule has 106 valence electrons. The summed E-state index contributed by atoms with van der Waals surface area (Å²) in [5, 5.41) is 6.21. The van der Waals surface area contributed by atoms with E-state index in [2.05, 4.69) is 24.5 Å². The monoisotopic (exact) mass is 263 g/mol. The van der Waals surface area contributed by atoms with Crippen molar-refractivity contribution >= 4 is 17.3 Å². The fraction of sp³-hybridized carbons (Fsp3) is 0.533. The molecule has 0 aliphatic carbocycles. The summed E-state index contributed by atoms with van der Waals surface area (Å²) in [7, 11) is 0. The van der Waals surface area contributed by atoms with Crippen LogP contribution < -0.4 is 16.4 Å². The van der Waals surface area contributed by atoms with Crippen LogP contribution in [0.3, 0.4) is 0 Å². The van der Waals surface area contributed by atoms with Crippen LogP contribution in [0.15, 0.2) is 18.2 Å². The van der Waals surface area contributed by atoms with E-state index >= 15 is 0 Å². The Morgan fingerprint density at radius 2 is 2.05 bits per heavy atom. The number of hydrogen-bond acceptors (Lipinski definition) is 3. The van der Waals surface area contributed by atoms with Gasteiger partial charge in [0, 0.05) is 18.2 Å². The Bertz CT molecular complexity index is 418. The van der Waals surface area contributed by atoms with Gasteiger partial charge in [-0.25, -0.2) is 0 Å². The van der Waals surface area contributed by atoms with E-state index < -0.39 is 0 Å². The molecule has 0 aliphatic heterocycles. The summed E-state index contributed by atoms with van der Waals surface area (Å²) < 4.78 is 0. The number of amides is 1. The molecule has 4 heteroatoms. The molecule has 0 saturated carbocycles. The van der Waals surface area contributed by atoms with Crippen LogP contribution in [0.5, 0.6) is 0 Å². The molecule has 0 fully saturated rings. The lowest BCUT2D eigenvalue weighted by molar-refractivity contribution is 0.0953. The van der Waals surface area contributed by atoms with Gasteiger partial charge in [-0.3, -0.25) is 4.79 Å². The highest BCUT2D eigenvalue weighted by Gasteiger charge is 2.09. The summed E-state index contributed by atoms with van der Waals surface area (Å²) in [6.45, 7) is 7.00. The van der Waals surface area contributed by atoms with Gasteiger partial charge in [-0.1, -0.05) is 20.3 Å². The summed E-state index contributed by atoms with van der Waals surface area (Å²) in [6.07, 6.45) is 3.15. The number of rotatable bonds is 7. The van der Waals surface area contributed by atoms with E-state index in [0.29, 0.717) is 23.8 Å². The van der Waals surface area contributed by atoms with Crippen LogP contribution in [0.2, 0.25) is 0 Å². The molecule has 0 aromatic heterocycles. The summed E-state index contributed by atoms with van der Waals surface area (Å²) in [4.78, 5) is 11.8. The van der Waals surface area contributed by atoms with Crippen molar-refractivity contribution in [3.63, 3.8) is 0 Å². The third kappa shape index (κ3) is 4.81. The zero-order valence-corrected chi connectivity index (χ0v) is 12.1. The number of hydrogen-bond donors (Lipinski definition) is 3. The zero-order chi connectivity index (χ0) is 14.3. The topological polar surface area (TPSA) is 67.2 Å². The third-order valence-electron chi connectivity index (χ3n) is 2.97. The van der Waals surface area contributed by atoms with Gasteiger partial charge in [0.1, 0.15) is 0 Å². The highest BCUT2D eigenvalue weighted by Crippen LogP contribution is 2.21. The molecule has 1 amide bonds. The second kappa shape index (κ2) is 7.67. The fourth-order valence-corrected chi connectivity index (χ4v) is 1.95. The molecule has 19 heavy (non-hydrogen) atoms. The van der Waals surface area contributed by atoms with Crippen molar-refractivity contribution < 1.29 is 4.79 Å². The van der Waals surface area contributed by atoms with Gasteiger partial charge in [-0.2, -0.15) is 0 Å². The van der Waals surface area contributed by atoms with Gasteiger partial charge in [0.2, 0.25) is 0 Å². The van der Waals surface area contributed by atoms with Crippen LogP contribution in [0.25, 0.3) is 0 Å². The smallest absolute Gasteiger partial charge is 0.251 e. The SMILES string of the molecule is CCCNC(=O)c1ccc(N[C@@H](C)CCC)c(N)c1. The number of nitrogens with two attached hydrogens (primary N) is 1. The number of nitrogen functional groups attached to an aromatic ring is 1. The molecular formula is C15H25N3O. The molecule has 0 aliphatic rings. The van der Waals surface area contributed by atoms with Crippen LogP contribution in [-0.4, -0.2) is 18.5 Å². The standard InChI is InChI=1S/C15H25N3O/c1-4-6-11(3)18-14-8-7-12(10-13(14)16)15(19)17-9-5-2/h7-8,10-11,18H,4-6,9,16H2,1-3H3,(H,17,19)/t11-/m0/s1.